The number of hydrogen-bond acceptors (Lipinski definition) is 5. The maximum atomic E-state index is 11.0. The Bertz CT molecular complexity index is 872. The fraction of sp³-hybridized carbons (Fsp3) is 0.0714. The Morgan fingerprint density at radius 2 is 2.05 bits per heavy atom. The van der Waals surface area contributed by atoms with Crippen molar-refractivity contribution in [2.24, 2.45) is 0 Å². The Morgan fingerprint density at radius 3 is 2.90 bits per heavy atom. The molecule has 0 spiro atoms. The van der Waals surface area contributed by atoms with Gasteiger partial charge in [-0.2, -0.15) is 0 Å². The molecule has 0 bridgehead atoms. The summed E-state index contributed by atoms with van der Waals surface area (Å²) in [6, 6.07) is 8.55. The number of fused-ring (bicyclic) bond motifs is 2. The molecule has 0 fully saturated rings. The minimum Gasteiger partial charge on any atom is -0.478 e. The maximum Gasteiger partial charge on any atom is 0.337 e. The highest BCUT2D eigenvalue weighted by Crippen LogP contribution is 2.35. The second kappa shape index (κ2) is 4.20. The highest BCUT2D eigenvalue weighted by atomic mass is 16.7. The van der Waals surface area contributed by atoms with Gasteiger partial charge < -0.3 is 14.6 Å². The van der Waals surface area contributed by atoms with Crippen LogP contribution >= 0.6 is 0 Å². The summed E-state index contributed by atoms with van der Waals surface area (Å²) in [5, 5.41) is 13.3. The standard InChI is InChI=1S/C14H9N3O4/c18-14(19)9-2-4-12-15-13(16-17(12)6-9)8-1-3-10-11(5-8)21-7-20-10/h1-6H,7H2,(H,18,19). The number of pyridine rings is 1. The van der Waals surface area contributed by atoms with Gasteiger partial charge in [0.05, 0.1) is 5.56 Å². The summed E-state index contributed by atoms with van der Waals surface area (Å²) >= 11 is 0. The first-order valence-corrected chi connectivity index (χ1v) is 6.20. The number of benzene rings is 1. The van der Waals surface area contributed by atoms with Crippen LogP contribution in [0.5, 0.6) is 11.5 Å². The lowest BCUT2D eigenvalue weighted by Crippen LogP contribution is -1.99. The van der Waals surface area contributed by atoms with Crippen LogP contribution in [0.15, 0.2) is 36.5 Å². The topological polar surface area (TPSA) is 86.0 Å². The van der Waals surface area contributed by atoms with E-state index in [-0.39, 0.29) is 12.4 Å². The number of ether oxygens (including phenoxy) is 2. The summed E-state index contributed by atoms with van der Waals surface area (Å²) in [7, 11) is 0. The largest absolute Gasteiger partial charge is 0.478 e. The van der Waals surface area contributed by atoms with E-state index in [0.29, 0.717) is 23.0 Å². The van der Waals surface area contributed by atoms with Gasteiger partial charge >= 0.3 is 5.97 Å². The van der Waals surface area contributed by atoms with Crippen LogP contribution in [0.1, 0.15) is 10.4 Å². The molecule has 0 aliphatic carbocycles. The third kappa shape index (κ3) is 1.86. The second-order valence-corrected chi connectivity index (χ2v) is 4.53. The van der Waals surface area contributed by atoms with E-state index in [1.165, 1.54) is 16.8 Å². The zero-order valence-electron chi connectivity index (χ0n) is 10.7. The smallest absolute Gasteiger partial charge is 0.337 e. The molecule has 0 amide bonds. The van der Waals surface area contributed by atoms with Crippen molar-refractivity contribution in [2.75, 3.05) is 6.79 Å². The molecule has 7 nitrogen and oxygen atoms in total. The van der Waals surface area contributed by atoms with E-state index in [1.807, 2.05) is 6.07 Å². The molecule has 1 N–H and O–H groups in total. The quantitative estimate of drug-likeness (QED) is 0.772. The van der Waals surface area contributed by atoms with Gasteiger partial charge in [-0.3, -0.25) is 0 Å². The van der Waals surface area contributed by atoms with Crippen molar-refractivity contribution < 1.29 is 19.4 Å². The zero-order chi connectivity index (χ0) is 14.4. The van der Waals surface area contributed by atoms with Crippen molar-refractivity contribution in [3.8, 4) is 22.9 Å². The number of hydrogen-bond donors (Lipinski definition) is 1. The van der Waals surface area contributed by atoms with Crippen LogP contribution in [0.4, 0.5) is 0 Å². The molecule has 0 saturated carbocycles. The summed E-state index contributed by atoms with van der Waals surface area (Å²) in [4.78, 5) is 15.3. The molecule has 3 aromatic rings. The SMILES string of the molecule is O=C(O)c1ccc2nc(-c3ccc4c(c3)OCO4)nn2c1. The maximum absolute atomic E-state index is 11.0. The van der Waals surface area contributed by atoms with Gasteiger partial charge in [-0.05, 0) is 30.3 Å². The van der Waals surface area contributed by atoms with Gasteiger partial charge in [0, 0.05) is 11.8 Å². The molecule has 7 heteroatoms. The molecule has 104 valence electrons. The Balaban J connectivity index is 1.81. The van der Waals surface area contributed by atoms with Crippen LogP contribution in [-0.4, -0.2) is 32.5 Å². The fourth-order valence-electron chi connectivity index (χ4n) is 2.17. The van der Waals surface area contributed by atoms with Gasteiger partial charge in [0.15, 0.2) is 23.0 Å². The Kier molecular flexibility index (Phi) is 2.34. The number of aromatic carboxylic acids is 1. The summed E-state index contributed by atoms with van der Waals surface area (Å²) in [5.74, 6) is 0.834. The van der Waals surface area contributed by atoms with E-state index in [1.54, 1.807) is 18.2 Å². The third-order valence-electron chi connectivity index (χ3n) is 3.21. The zero-order valence-corrected chi connectivity index (χ0v) is 10.7. The summed E-state index contributed by atoms with van der Waals surface area (Å²) in [5.41, 5.74) is 1.51. The van der Waals surface area contributed by atoms with Crippen molar-refractivity contribution in [2.45, 2.75) is 0 Å². The van der Waals surface area contributed by atoms with Crippen molar-refractivity contribution >= 4 is 11.6 Å². The van der Waals surface area contributed by atoms with Crippen LogP contribution in [0, 0.1) is 0 Å². The predicted molar refractivity (Wildman–Crippen MR) is 71.5 cm³/mol. The van der Waals surface area contributed by atoms with Crippen LogP contribution in [0.2, 0.25) is 0 Å². The molecule has 21 heavy (non-hydrogen) atoms. The third-order valence-corrected chi connectivity index (χ3v) is 3.21. The summed E-state index contributed by atoms with van der Waals surface area (Å²) in [6.07, 6.45) is 1.43. The number of carboxylic acids is 1. The molecule has 4 rings (SSSR count). The molecule has 0 saturated heterocycles. The molecule has 2 aromatic heterocycles. The molecule has 1 aromatic carbocycles. The van der Waals surface area contributed by atoms with Crippen LogP contribution in [0.3, 0.4) is 0 Å². The minimum atomic E-state index is -1.00. The average Bonchev–Trinajstić information content (AvgIpc) is 3.11. The highest BCUT2D eigenvalue weighted by Gasteiger charge is 2.16. The fourth-order valence-corrected chi connectivity index (χ4v) is 2.17. The Morgan fingerprint density at radius 1 is 1.19 bits per heavy atom. The summed E-state index contributed by atoms with van der Waals surface area (Å²) < 4.78 is 12.0. The van der Waals surface area contributed by atoms with Crippen molar-refractivity contribution in [1.82, 2.24) is 14.6 Å². The van der Waals surface area contributed by atoms with E-state index in [9.17, 15) is 4.79 Å². The van der Waals surface area contributed by atoms with Gasteiger partial charge in [0.1, 0.15) is 0 Å². The molecule has 0 unspecified atom stereocenters. The lowest BCUT2D eigenvalue weighted by molar-refractivity contribution is 0.0696. The van der Waals surface area contributed by atoms with Crippen LogP contribution in [-0.2, 0) is 0 Å². The monoisotopic (exact) mass is 283 g/mol. The van der Waals surface area contributed by atoms with Crippen molar-refractivity contribution in [3.63, 3.8) is 0 Å². The highest BCUT2D eigenvalue weighted by molar-refractivity contribution is 5.87. The van der Waals surface area contributed by atoms with E-state index >= 15 is 0 Å². The first kappa shape index (κ1) is 11.7. The number of aromatic nitrogens is 3. The predicted octanol–water partition coefficient (Wildman–Crippen LogP) is 1.82. The van der Waals surface area contributed by atoms with Crippen molar-refractivity contribution in [1.29, 1.82) is 0 Å². The number of rotatable bonds is 2. The molecular weight excluding hydrogens is 274 g/mol. The Hall–Kier alpha value is -3.09. The van der Waals surface area contributed by atoms with E-state index < -0.39 is 5.97 Å². The molecule has 0 atom stereocenters. The summed E-state index contributed by atoms with van der Waals surface area (Å²) in [6.45, 7) is 0.208. The van der Waals surface area contributed by atoms with Gasteiger partial charge in [-0.1, -0.05) is 0 Å². The number of nitrogens with zero attached hydrogens (tertiary/aromatic N) is 3. The molecule has 1 aliphatic heterocycles. The molecular formula is C14H9N3O4. The molecule has 1 aliphatic rings. The van der Waals surface area contributed by atoms with E-state index in [2.05, 4.69) is 10.1 Å². The molecule has 3 heterocycles. The van der Waals surface area contributed by atoms with Gasteiger partial charge in [0.2, 0.25) is 6.79 Å². The van der Waals surface area contributed by atoms with Gasteiger partial charge in [-0.25, -0.2) is 14.3 Å². The Labute approximate surface area is 118 Å². The molecule has 0 radical (unpaired) electrons. The van der Waals surface area contributed by atoms with Gasteiger partial charge in [-0.15, -0.1) is 5.10 Å². The lowest BCUT2D eigenvalue weighted by Gasteiger charge is -1.98. The van der Waals surface area contributed by atoms with Crippen molar-refractivity contribution in [3.05, 3.63) is 42.1 Å². The number of carboxylic acid groups (broad SMARTS) is 1. The average molecular weight is 283 g/mol. The second-order valence-electron chi connectivity index (χ2n) is 4.53. The number of carbonyl (C=O) groups is 1. The van der Waals surface area contributed by atoms with E-state index in [4.69, 9.17) is 14.6 Å². The van der Waals surface area contributed by atoms with Crippen LogP contribution in [0.25, 0.3) is 17.0 Å². The normalized spacial score (nSPS) is 12.8. The first-order chi connectivity index (χ1) is 10.2. The first-order valence-electron chi connectivity index (χ1n) is 6.20. The van der Waals surface area contributed by atoms with E-state index in [0.717, 1.165) is 5.56 Å². The minimum absolute atomic E-state index is 0.157. The lowest BCUT2D eigenvalue weighted by atomic mass is 10.2. The van der Waals surface area contributed by atoms with Gasteiger partial charge in [0.25, 0.3) is 0 Å². The van der Waals surface area contributed by atoms with Crippen LogP contribution < -0.4 is 9.47 Å².